The molecule has 0 aromatic heterocycles. The second-order valence-corrected chi connectivity index (χ2v) is 12.1. The van der Waals surface area contributed by atoms with Crippen molar-refractivity contribution in [3.63, 3.8) is 0 Å². The van der Waals surface area contributed by atoms with Crippen LogP contribution in [-0.2, 0) is 9.59 Å². The molecule has 212 valence electrons. The summed E-state index contributed by atoms with van der Waals surface area (Å²) in [5, 5.41) is 21.6. The molecular formula is C27H48N4O6. The number of aliphatic hydroxyl groups excluding tert-OH is 2. The minimum Gasteiger partial charge on any atom is -0.393 e. The van der Waals surface area contributed by atoms with Gasteiger partial charge in [-0.15, -0.1) is 0 Å². The molecule has 0 radical (unpaired) electrons. The zero-order chi connectivity index (χ0) is 28.3. The van der Waals surface area contributed by atoms with Crippen molar-refractivity contribution in [3.05, 3.63) is 0 Å². The minimum absolute atomic E-state index is 0.0967. The maximum atomic E-state index is 12.6. The smallest absolute Gasteiger partial charge is 0.327 e. The van der Waals surface area contributed by atoms with E-state index in [2.05, 4.69) is 0 Å². The minimum atomic E-state index is -0.712. The largest absolute Gasteiger partial charge is 0.393 e. The fraction of sp³-hybridized carbons (Fsp3) is 0.852. The molecule has 4 atom stereocenters. The SMILES string of the molecule is CCN1CC(=O)N(C(C)(C)CC(C)C(O)CCCC(O)C(C)CC(C)(C)N2C(=O)CN(CC)C2=O)C1=O. The lowest BCUT2D eigenvalue weighted by Crippen LogP contribution is -2.50. The Bertz CT molecular complexity index is 792. The molecule has 0 bridgehead atoms. The number of nitrogens with zero attached hydrogens (tertiary/aromatic N) is 4. The highest BCUT2D eigenvalue weighted by Gasteiger charge is 2.46. The average Bonchev–Trinajstić information content (AvgIpc) is 3.26. The first-order valence-electron chi connectivity index (χ1n) is 13.7. The highest BCUT2D eigenvalue weighted by atomic mass is 16.3. The van der Waals surface area contributed by atoms with Crippen molar-refractivity contribution in [1.82, 2.24) is 19.6 Å². The van der Waals surface area contributed by atoms with Crippen LogP contribution >= 0.6 is 0 Å². The summed E-state index contributed by atoms with van der Waals surface area (Å²) in [4.78, 5) is 55.8. The van der Waals surface area contributed by atoms with E-state index >= 15 is 0 Å². The number of imide groups is 2. The summed E-state index contributed by atoms with van der Waals surface area (Å²) in [6.45, 7) is 16.1. The van der Waals surface area contributed by atoms with Crippen LogP contribution in [-0.4, -0.2) is 103 Å². The summed E-state index contributed by atoms with van der Waals surface area (Å²) in [7, 11) is 0. The van der Waals surface area contributed by atoms with Crippen LogP contribution in [0.1, 0.15) is 87.5 Å². The van der Waals surface area contributed by atoms with E-state index in [-0.39, 0.29) is 48.8 Å². The monoisotopic (exact) mass is 524 g/mol. The topological polar surface area (TPSA) is 122 Å². The van der Waals surface area contributed by atoms with Crippen molar-refractivity contribution < 1.29 is 29.4 Å². The van der Waals surface area contributed by atoms with Crippen LogP contribution < -0.4 is 0 Å². The van der Waals surface area contributed by atoms with E-state index in [9.17, 15) is 29.4 Å². The van der Waals surface area contributed by atoms with E-state index in [1.54, 1.807) is 0 Å². The molecule has 2 fully saturated rings. The maximum absolute atomic E-state index is 12.6. The number of hydrogen-bond donors (Lipinski definition) is 2. The number of carbonyl (C=O) groups excluding carboxylic acids is 4. The standard InChI is InChI=1S/C27H48N4O6/c1-9-28-16-22(34)30(24(28)36)26(5,6)14-18(3)20(32)12-11-13-21(33)19(4)15-27(7,8)31-23(35)17-29(10-2)25(31)37/h18-21,32-33H,9-17H2,1-8H3. The molecule has 6 amide bonds. The molecule has 0 aromatic carbocycles. The van der Waals surface area contributed by atoms with Crippen LogP contribution in [0.25, 0.3) is 0 Å². The molecule has 2 rings (SSSR count). The number of rotatable bonds is 14. The highest BCUT2D eigenvalue weighted by Crippen LogP contribution is 2.32. The Morgan fingerprint density at radius 1 is 0.703 bits per heavy atom. The first kappa shape index (κ1) is 31.0. The van der Waals surface area contributed by atoms with Crippen LogP contribution in [0.5, 0.6) is 0 Å². The van der Waals surface area contributed by atoms with Crippen molar-refractivity contribution in [3.8, 4) is 0 Å². The zero-order valence-corrected chi connectivity index (χ0v) is 24.0. The first-order chi connectivity index (χ1) is 17.1. The highest BCUT2D eigenvalue weighted by molar-refractivity contribution is 6.03. The van der Waals surface area contributed by atoms with E-state index in [0.717, 1.165) is 0 Å². The van der Waals surface area contributed by atoms with Crippen molar-refractivity contribution in [1.29, 1.82) is 0 Å². The number of urea groups is 2. The second-order valence-electron chi connectivity index (χ2n) is 12.1. The molecule has 2 aliphatic heterocycles. The normalized spacial score (nSPS) is 20.8. The van der Waals surface area contributed by atoms with Gasteiger partial charge in [0.2, 0.25) is 0 Å². The summed E-state index contributed by atoms with van der Waals surface area (Å²) >= 11 is 0. The zero-order valence-electron chi connectivity index (χ0n) is 24.0. The summed E-state index contributed by atoms with van der Waals surface area (Å²) in [5.41, 5.74) is -1.42. The summed E-state index contributed by atoms with van der Waals surface area (Å²) in [5.74, 6) is -0.710. The molecule has 0 saturated carbocycles. The number of hydrogen-bond acceptors (Lipinski definition) is 6. The molecular weight excluding hydrogens is 476 g/mol. The van der Waals surface area contributed by atoms with Gasteiger partial charge in [0, 0.05) is 24.2 Å². The van der Waals surface area contributed by atoms with E-state index in [1.165, 1.54) is 19.6 Å². The van der Waals surface area contributed by atoms with E-state index in [1.807, 2.05) is 55.4 Å². The van der Waals surface area contributed by atoms with Crippen LogP contribution in [0.3, 0.4) is 0 Å². The summed E-state index contributed by atoms with van der Waals surface area (Å²) in [6, 6.07) is -0.557. The Hall–Kier alpha value is -2.20. The van der Waals surface area contributed by atoms with Crippen LogP contribution in [0.2, 0.25) is 0 Å². The van der Waals surface area contributed by atoms with Crippen molar-refractivity contribution >= 4 is 23.9 Å². The Kier molecular flexibility index (Phi) is 10.2. The van der Waals surface area contributed by atoms with Gasteiger partial charge in [-0.2, -0.15) is 0 Å². The Morgan fingerprint density at radius 2 is 1.03 bits per heavy atom. The van der Waals surface area contributed by atoms with Gasteiger partial charge in [-0.1, -0.05) is 13.8 Å². The molecule has 0 aliphatic carbocycles. The van der Waals surface area contributed by atoms with Crippen LogP contribution in [0, 0.1) is 11.8 Å². The van der Waals surface area contributed by atoms with Crippen LogP contribution in [0.4, 0.5) is 9.59 Å². The van der Waals surface area contributed by atoms with Gasteiger partial charge >= 0.3 is 12.1 Å². The molecule has 4 unspecified atom stereocenters. The lowest BCUT2D eigenvalue weighted by molar-refractivity contribution is -0.130. The van der Waals surface area contributed by atoms with Gasteiger partial charge in [0.1, 0.15) is 13.1 Å². The predicted molar refractivity (Wildman–Crippen MR) is 141 cm³/mol. The molecule has 10 heteroatoms. The third-order valence-corrected chi connectivity index (χ3v) is 8.01. The van der Waals surface area contributed by atoms with Gasteiger partial charge in [0.05, 0.1) is 12.2 Å². The van der Waals surface area contributed by atoms with Gasteiger partial charge in [-0.3, -0.25) is 19.4 Å². The Morgan fingerprint density at radius 3 is 1.30 bits per heavy atom. The van der Waals surface area contributed by atoms with Gasteiger partial charge in [-0.05, 0) is 85.5 Å². The number of amides is 6. The maximum Gasteiger partial charge on any atom is 0.327 e. The van der Waals surface area contributed by atoms with Gasteiger partial charge in [0.25, 0.3) is 11.8 Å². The number of likely N-dealkylation sites (N-methyl/N-ethyl adjacent to an activating group) is 2. The lowest BCUT2D eigenvalue weighted by Gasteiger charge is -2.37. The van der Waals surface area contributed by atoms with Crippen molar-refractivity contribution in [2.24, 2.45) is 11.8 Å². The van der Waals surface area contributed by atoms with Gasteiger partial charge in [0.15, 0.2) is 0 Å². The predicted octanol–water partition coefficient (Wildman–Crippen LogP) is 3.06. The van der Waals surface area contributed by atoms with E-state index in [0.29, 0.717) is 45.2 Å². The third-order valence-electron chi connectivity index (χ3n) is 8.01. The number of carbonyl (C=O) groups is 4. The molecule has 2 N–H and O–H groups in total. The molecule has 2 aliphatic rings. The fourth-order valence-corrected chi connectivity index (χ4v) is 5.92. The molecule has 0 aromatic rings. The van der Waals surface area contributed by atoms with Gasteiger partial charge in [-0.25, -0.2) is 9.59 Å². The fourth-order valence-electron chi connectivity index (χ4n) is 5.92. The molecule has 2 heterocycles. The van der Waals surface area contributed by atoms with Crippen molar-refractivity contribution in [2.75, 3.05) is 26.2 Å². The molecule has 37 heavy (non-hydrogen) atoms. The molecule has 10 nitrogen and oxygen atoms in total. The van der Waals surface area contributed by atoms with E-state index in [4.69, 9.17) is 0 Å². The first-order valence-corrected chi connectivity index (χ1v) is 13.7. The van der Waals surface area contributed by atoms with Gasteiger partial charge < -0.3 is 20.0 Å². The summed E-state index contributed by atoms with van der Waals surface area (Å²) in [6.07, 6.45) is 1.27. The third kappa shape index (κ3) is 7.02. The second kappa shape index (κ2) is 12.1. The Balaban J connectivity index is 1.84. The molecule has 2 saturated heterocycles. The average molecular weight is 525 g/mol. The quantitative estimate of drug-likeness (QED) is 0.337. The molecule has 0 spiro atoms. The van der Waals surface area contributed by atoms with E-state index < -0.39 is 23.3 Å². The van der Waals surface area contributed by atoms with Crippen molar-refractivity contribution in [2.45, 2.75) is 111 Å². The van der Waals surface area contributed by atoms with Crippen LogP contribution in [0.15, 0.2) is 0 Å². The Labute approximate surface area is 221 Å². The number of aliphatic hydroxyl groups is 2. The summed E-state index contributed by atoms with van der Waals surface area (Å²) < 4.78 is 0. The lowest BCUT2D eigenvalue weighted by atomic mass is 9.83.